The van der Waals surface area contributed by atoms with Crippen LogP contribution >= 0.6 is 0 Å². The summed E-state index contributed by atoms with van der Waals surface area (Å²) in [6.07, 6.45) is 2.10. The number of hydrogen-bond donors (Lipinski definition) is 2. The van der Waals surface area contributed by atoms with Crippen molar-refractivity contribution in [2.45, 2.75) is 46.1 Å². The molecule has 1 heterocycles. The number of nitrogens with two attached hydrogens (primary N) is 1. The molecule has 21 heavy (non-hydrogen) atoms. The van der Waals surface area contributed by atoms with Gasteiger partial charge in [-0.2, -0.15) is 5.10 Å². The Bertz CT molecular complexity index is 415. The second kappa shape index (κ2) is 7.92. The molecule has 1 aromatic heterocycles. The zero-order valence-electron chi connectivity index (χ0n) is 14.6. The molecule has 5 heteroatoms. The van der Waals surface area contributed by atoms with E-state index in [1.54, 1.807) is 0 Å². The lowest BCUT2D eigenvalue weighted by Gasteiger charge is -2.24. The van der Waals surface area contributed by atoms with Gasteiger partial charge in [0.15, 0.2) is 0 Å². The van der Waals surface area contributed by atoms with Crippen LogP contribution in [0.15, 0.2) is 6.20 Å². The fourth-order valence-electron chi connectivity index (χ4n) is 2.60. The average Bonchev–Trinajstić information content (AvgIpc) is 2.81. The van der Waals surface area contributed by atoms with Crippen LogP contribution in [-0.2, 0) is 12.5 Å². The van der Waals surface area contributed by atoms with Gasteiger partial charge < -0.3 is 16.0 Å². The van der Waals surface area contributed by atoms with Crippen LogP contribution in [0.4, 0.5) is 0 Å². The second-order valence-corrected chi connectivity index (χ2v) is 6.63. The molecule has 0 aromatic carbocycles. The second-order valence-electron chi connectivity index (χ2n) is 6.63. The third-order valence-electron chi connectivity index (χ3n) is 3.89. The van der Waals surface area contributed by atoms with E-state index >= 15 is 0 Å². The maximum Gasteiger partial charge on any atom is 0.0726 e. The first-order valence-corrected chi connectivity index (χ1v) is 8.03. The first-order chi connectivity index (χ1) is 9.83. The van der Waals surface area contributed by atoms with Crippen molar-refractivity contribution in [3.05, 3.63) is 17.5 Å². The van der Waals surface area contributed by atoms with E-state index in [2.05, 4.69) is 56.1 Å². The monoisotopic (exact) mass is 295 g/mol. The Labute approximate surface area is 129 Å². The van der Waals surface area contributed by atoms with Crippen LogP contribution < -0.4 is 11.1 Å². The summed E-state index contributed by atoms with van der Waals surface area (Å²) in [7, 11) is 1.97. The largest absolute Gasteiger partial charge is 0.329 e. The Morgan fingerprint density at radius 3 is 2.43 bits per heavy atom. The highest BCUT2D eigenvalue weighted by molar-refractivity contribution is 5.27. The highest BCUT2D eigenvalue weighted by Gasteiger charge is 2.25. The summed E-state index contributed by atoms with van der Waals surface area (Å²) in [4.78, 5) is 2.41. The van der Waals surface area contributed by atoms with Crippen LogP contribution in [0, 0.1) is 0 Å². The summed E-state index contributed by atoms with van der Waals surface area (Å²) in [5.74, 6) is 0. The van der Waals surface area contributed by atoms with Gasteiger partial charge in [-0.15, -0.1) is 0 Å². The normalized spacial score (nSPS) is 13.9. The van der Waals surface area contributed by atoms with Crippen LogP contribution in [0.25, 0.3) is 0 Å². The molecule has 1 rings (SSSR count). The van der Waals surface area contributed by atoms with Gasteiger partial charge >= 0.3 is 0 Å². The number of hydrogen-bond acceptors (Lipinski definition) is 4. The first-order valence-electron chi connectivity index (χ1n) is 8.03. The molecule has 0 aliphatic carbocycles. The molecule has 1 unspecified atom stereocenters. The minimum absolute atomic E-state index is 0.0323. The van der Waals surface area contributed by atoms with Crippen molar-refractivity contribution in [1.82, 2.24) is 20.0 Å². The number of rotatable bonds is 8. The lowest BCUT2D eigenvalue weighted by atomic mass is 9.87. The molecule has 0 amide bonds. The van der Waals surface area contributed by atoms with Gasteiger partial charge in [-0.25, -0.2) is 0 Å². The van der Waals surface area contributed by atoms with Crippen molar-refractivity contribution in [1.29, 1.82) is 0 Å². The lowest BCUT2D eigenvalue weighted by molar-refractivity contribution is 0.296. The van der Waals surface area contributed by atoms with E-state index in [-0.39, 0.29) is 11.5 Å². The number of aryl methyl sites for hydroxylation is 1. The zero-order chi connectivity index (χ0) is 16.0. The molecule has 122 valence electrons. The molecule has 0 radical (unpaired) electrons. The van der Waals surface area contributed by atoms with Gasteiger partial charge in [0, 0.05) is 49.9 Å². The molecular formula is C16H33N5. The summed E-state index contributed by atoms with van der Waals surface area (Å²) >= 11 is 0. The van der Waals surface area contributed by atoms with Gasteiger partial charge in [-0.3, -0.25) is 4.68 Å². The fourth-order valence-corrected chi connectivity index (χ4v) is 2.60. The Balaban J connectivity index is 2.77. The van der Waals surface area contributed by atoms with E-state index in [4.69, 9.17) is 5.73 Å². The summed E-state index contributed by atoms with van der Waals surface area (Å²) < 4.78 is 1.89. The van der Waals surface area contributed by atoms with Crippen LogP contribution in [-0.4, -0.2) is 47.4 Å². The Morgan fingerprint density at radius 2 is 1.95 bits per heavy atom. The number of nitrogens with zero attached hydrogens (tertiary/aromatic N) is 3. The lowest BCUT2D eigenvalue weighted by Crippen LogP contribution is -2.36. The molecular weight excluding hydrogens is 262 g/mol. The first kappa shape index (κ1) is 18.1. The van der Waals surface area contributed by atoms with Gasteiger partial charge in [0.1, 0.15) is 0 Å². The minimum atomic E-state index is 0.0323. The molecule has 0 saturated carbocycles. The van der Waals surface area contributed by atoms with Crippen molar-refractivity contribution in [3.8, 4) is 0 Å². The SMILES string of the molecule is CCN(CC)CCNC(CN)c1cn(C)nc1C(C)(C)C. The third kappa shape index (κ3) is 5.09. The smallest absolute Gasteiger partial charge is 0.0726 e. The average molecular weight is 295 g/mol. The van der Waals surface area contributed by atoms with E-state index < -0.39 is 0 Å². The van der Waals surface area contributed by atoms with E-state index in [1.807, 2.05) is 11.7 Å². The van der Waals surface area contributed by atoms with Crippen LogP contribution in [0.1, 0.15) is 51.9 Å². The third-order valence-corrected chi connectivity index (χ3v) is 3.89. The predicted molar refractivity (Wildman–Crippen MR) is 89.5 cm³/mol. The topological polar surface area (TPSA) is 59.1 Å². The van der Waals surface area contributed by atoms with E-state index in [9.17, 15) is 0 Å². The molecule has 0 bridgehead atoms. The molecule has 0 saturated heterocycles. The van der Waals surface area contributed by atoms with Gasteiger partial charge in [-0.1, -0.05) is 34.6 Å². The summed E-state index contributed by atoms with van der Waals surface area (Å²) in [6, 6.07) is 0.170. The Hall–Kier alpha value is -0.910. The molecule has 0 fully saturated rings. The van der Waals surface area contributed by atoms with Gasteiger partial charge in [0.2, 0.25) is 0 Å². The van der Waals surface area contributed by atoms with Crippen molar-refractivity contribution in [2.24, 2.45) is 12.8 Å². The van der Waals surface area contributed by atoms with Gasteiger partial charge in [0.25, 0.3) is 0 Å². The summed E-state index contributed by atoms with van der Waals surface area (Å²) in [6.45, 7) is 15.7. The Kier molecular flexibility index (Phi) is 6.84. The molecule has 3 N–H and O–H groups in total. The van der Waals surface area contributed by atoms with Crippen LogP contribution in [0.5, 0.6) is 0 Å². The summed E-state index contributed by atoms with van der Waals surface area (Å²) in [5.41, 5.74) is 8.39. The molecule has 1 aromatic rings. The van der Waals surface area contributed by atoms with E-state index in [1.165, 1.54) is 5.56 Å². The molecule has 0 spiro atoms. The standard InChI is InChI=1S/C16H33N5/c1-7-21(8-2)10-9-18-14(11-17)13-12-20(6)19-15(13)16(3,4)5/h12,14,18H,7-11,17H2,1-6H3. The van der Waals surface area contributed by atoms with Crippen molar-refractivity contribution in [2.75, 3.05) is 32.7 Å². The quantitative estimate of drug-likeness (QED) is 0.765. The van der Waals surface area contributed by atoms with Crippen LogP contribution in [0.2, 0.25) is 0 Å². The highest BCUT2D eigenvalue weighted by atomic mass is 15.3. The van der Waals surface area contributed by atoms with Crippen LogP contribution in [0.3, 0.4) is 0 Å². The number of likely N-dealkylation sites (N-methyl/N-ethyl adjacent to an activating group) is 1. The summed E-state index contributed by atoms with van der Waals surface area (Å²) in [5, 5.41) is 8.23. The van der Waals surface area contributed by atoms with Gasteiger partial charge in [-0.05, 0) is 13.1 Å². The number of aromatic nitrogens is 2. The predicted octanol–water partition coefficient (Wildman–Crippen LogP) is 1.65. The van der Waals surface area contributed by atoms with E-state index in [0.717, 1.165) is 31.9 Å². The zero-order valence-corrected chi connectivity index (χ0v) is 14.6. The minimum Gasteiger partial charge on any atom is -0.329 e. The maximum absolute atomic E-state index is 5.99. The van der Waals surface area contributed by atoms with Gasteiger partial charge in [0.05, 0.1) is 5.69 Å². The van der Waals surface area contributed by atoms with Crippen molar-refractivity contribution < 1.29 is 0 Å². The van der Waals surface area contributed by atoms with E-state index in [0.29, 0.717) is 6.54 Å². The van der Waals surface area contributed by atoms with Crippen molar-refractivity contribution >= 4 is 0 Å². The Morgan fingerprint density at radius 1 is 1.33 bits per heavy atom. The number of nitrogens with one attached hydrogen (secondary N) is 1. The molecule has 0 aliphatic heterocycles. The van der Waals surface area contributed by atoms with Crippen molar-refractivity contribution in [3.63, 3.8) is 0 Å². The molecule has 5 nitrogen and oxygen atoms in total. The molecule has 1 atom stereocenters. The molecule has 0 aliphatic rings. The maximum atomic E-state index is 5.99. The fraction of sp³-hybridized carbons (Fsp3) is 0.812. The highest BCUT2D eigenvalue weighted by Crippen LogP contribution is 2.27.